The van der Waals surface area contributed by atoms with Crippen molar-refractivity contribution in [1.29, 1.82) is 0 Å². The lowest BCUT2D eigenvalue weighted by Gasteiger charge is -2.21. The summed E-state index contributed by atoms with van der Waals surface area (Å²) < 4.78 is 11.8. The summed E-state index contributed by atoms with van der Waals surface area (Å²) in [5.41, 5.74) is 6.76. The Morgan fingerprint density at radius 1 is 0.677 bits per heavy atom. The van der Waals surface area contributed by atoms with Gasteiger partial charge in [0, 0.05) is 10.8 Å². The fourth-order valence-electron chi connectivity index (χ4n) is 4.30. The predicted molar refractivity (Wildman–Crippen MR) is 128 cm³/mol. The smallest absolute Gasteiger partial charge is 0.218 e. The number of hydrogen-bond donors (Lipinski definition) is 1. The van der Waals surface area contributed by atoms with Crippen LogP contribution in [0.15, 0.2) is 34.3 Å². The first-order chi connectivity index (χ1) is 14.6. The number of aromatic amines is 1. The quantitative estimate of drug-likeness (QED) is 0.601. The lowest BCUT2D eigenvalue weighted by atomic mass is 9.83. The van der Waals surface area contributed by atoms with Crippen molar-refractivity contribution in [3.05, 3.63) is 46.5 Å². The number of H-pyrrole nitrogens is 1. The van der Waals surface area contributed by atoms with E-state index in [9.17, 15) is 0 Å². The van der Waals surface area contributed by atoms with E-state index in [0.29, 0.717) is 26.3 Å². The van der Waals surface area contributed by atoms with Gasteiger partial charge in [0.1, 0.15) is 13.2 Å². The molecule has 0 saturated heterocycles. The van der Waals surface area contributed by atoms with Gasteiger partial charge in [0.2, 0.25) is 11.8 Å². The Balaban J connectivity index is 1.90. The van der Waals surface area contributed by atoms with Gasteiger partial charge in [0.05, 0.1) is 35.2 Å². The zero-order valence-corrected chi connectivity index (χ0v) is 19.3. The molecule has 1 N–H and O–H groups in total. The molecule has 0 amide bonds. The number of fused-ring (bicyclic) bond motifs is 3. The summed E-state index contributed by atoms with van der Waals surface area (Å²) in [6.07, 6.45) is 0. The van der Waals surface area contributed by atoms with Gasteiger partial charge in [-0.1, -0.05) is 41.5 Å². The zero-order chi connectivity index (χ0) is 22.0. The van der Waals surface area contributed by atoms with Crippen LogP contribution in [0.25, 0.3) is 21.8 Å². The lowest BCUT2D eigenvalue weighted by molar-refractivity contribution is 0.348. The van der Waals surface area contributed by atoms with Crippen molar-refractivity contribution >= 4 is 33.6 Å². The minimum absolute atomic E-state index is 0.00874. The monoisotopic (exact) mass is 417 g/mol. The molecule has 1 aromatic heterocycles. The van der Waals surface area contributed by atoms with Gasteiger partial charge in [-0.3, -0.25) is 0 Å². The minimum Gasteiger partial charge on any atom is -0.475 e. The van der Waals surface area contributed by atoms with E-state index in [0.717, 1.165) is 34.0 Å². The van der Waals surface area contributed by atoms with Crippen LogP contribution in [0.5, 0.6) is 0 Å². The number of nitrogens with one attached hydrogen (secondary N) is 1. The number of hydrogen-bond acceptors (Lipinski definition) is 4. The molecule has 0 radical (unpaired) electrons. The molecule has 162 valence electrons. The van der Waals surface area contributed by atoms with Crippen LogP contribution in [0.1, 0.15) is 63.8 Å². The van der Waals surface area contributed by atoms with Crippen LogP contribution in [0.2, 0.25) is 0 Å². The fraction of sp³-hybridized carbons (Fsp3) is 0.462. The highest BCUT2D eigenvalue weighted by Gasteiger charge is 2.26. The molecule has 2 aromatic carbocycles. The van der Waals surface area contributed by atoms with Crippen LogP contribution in [-0.4, -0.2) is 43.1 Å². The summed E-state index contributed by atoms with van der Waals surface area (Å²) >= 11 is 0. The molecule has 5 nitrogen and oxygen atoms in total. The number of rotatable bonds is 2. The van der Waals surface area contributed by atoms with Gasteiger partial charge in [0.25, 0.3) is 0 Å². The molecule has 31 heavy (non-hydrogen) atoms. The summed E-state index contributed by atoms with van der Waals surface area (Å²) in [6.45, 7) is 16.2. The molecular formula is C26H31N3O2. The highest BCUT2D eigenvalue weighted by molar-refractivity contribution is 6.19. The Bertz CT molecular complexity index is 1150. The molecule has 0 unspecified atom stereocenters. The van der Waals surface area contributed by atoms with Crippen LogP contribution in [0.4, 0.5) is 0 Å². The Kier molecular flexibility index (Phi) is 4.44. The molecule has 0 saturated carbocycles. The SMILES string of the molecule is CC(C)(C)c1cc(C2=NCCO2)c2[nH]c3c(C4=NCCO4)cc(C(C)(C)C)cc3c2c1. The fourth-order valence-corrected chi connectivity index (χ4v) is 4.30. The molecule has 0 aliphatic carbocycles. The van der Waals surface area contributed by atoms with Crippen molar-refractivity contribution < 1.29 is 9.47 Å². The second-order valence-corrected chi connectivity index (χ2v) is 10.6. The van der Waals surface area contributed by atoms with Crippen LogP contribution in [-0.2, 0) is 20.3 Å². The van der Waals surface area contributed by atoms with Gasteiger partial charge in [-0.2, -0.15) is 0 Å². The van der Waals surface area contributed by atoms with Crippen molar-refractivity contribution in [2.24, 2.45) is 9.98 Å². The van der Waals surface area contributed by atoms with Gasteiger partial charge >= 0.3 is 0 Å². The molecule has 0 spiro atoms. The minimum atomic E-state index is 0.00874. The van der Waals surface area contributed by atoms with Crippen LogP contribution < -0.4 is 0 Å². The third kappa shape index (κ3) is 3.40. The largest absolute Gasteiger partial charge is 0.475 e. The van der Waals surface area contributed by atoms with Crippen molar-refractivity contribution in [3.8, 4) is 0 Å². The molecule has 0 bridgehead atoms. The molecule has 2 aliphatic heterocycles. The van der Waals surface area contributed by atoms with E-state index in [1.807, 2.05) is 0 Å². The Morgan fingerprint density at radius 3 is 1.42 bits per heavy atom. The molecule has 5 rings (SSSR count). The molecule has 0 atom stereocenters. The number of aliphatic imine (C=N–C) groups is 2. The van der Waals surface area contributed by atoms with Crippen molar-refractivity contribution in [3.63, 3.8) is 0 Å². The number of nitrogens with zero attached hydrogens (tertiary/aromatic N) is 2. The first-order valence-corrected chi connectivity index (χ1v) is 11.1. The molecule has 5 heteroatoms. The Morgan fingerprint density at radius 2 is 1.10 bits per heavy atom. The Hall–Kier alpha value is -2.82. The normalized spacial score (nSPS) is 17.1. The number of ether oxygens (including phenoxy) is 2. The summed E-state index contributed by atoms with van der Waals surface area (Å²) in [5.74, 6) is 1.46. The number of aromatic nitrogens is 1. The molecule has 3 heterocycles. The second-order valence-electron chi connectivity index (χ2n) is 10.6. The highest BCUT2D eigenvalue weighted by Crippen LogP contribution is 2.38. The molecule has 0 fully saturated rings. The van der Waals surface area contributed by atoms with E-state index in [4.69, 9.17) is 9.47 Å². The van der Waals surface area contributed by atoms with E-state index >= 15 is 0 Å². The molecule has 2 aliphatic rings. The summed E-state index contributed by atoms with van der Waals surface area (Å²) in [5, 5.41) is 2.39. The second kappa shape index (κ2) is 6.84. The number of benzene rings is 2. The maximum absolute atomic E-state index is 5.90. The third-order valence-corrected chi connectivity index (χ3v) is 6.18. The maximum atomic E-state index is 5.90. The topological polar surface area (TPSA) is 59.0 Å². The van der Waals surface area contributed by atoms with Gasteiger partial charge in [-0.25, -0.2) is 9.98 Å². The van der Waals surface area contributed by atoms with Crippen LogP contribution >= 0.6 is 0 Å². The average Bonchev–Trinajstić information content (AvgIpc) is 3.44. The zero-order valence-electron chi connectivity index (χ0n) is 19.3. The van der Waals surface area contributed by atoms with Crippen molar-refractivity contribution in [2.45, 2.75) is 52.4 Å². The predicted octanol–water partition coefficient (Wildman–Crippen LogP) is 5.47. The molecule has 3 aromatic rings. The van der Waals surface area contributed by atoms with E-state index < -0.39 is 0 Å². The lowest BCUT2D eigenvalue weighted by Crippen LogP contribution is -2.13. The van der Waals surface area contributed by atoms with Gasteiger partial charge in [-0.05, 0) is 46.2 Å². The van der Waals surface area contributed by atoms with Gasteiger partial charge in [-0.15, -0.1) is 0 Å². The first kappa shape index (κ1) is 20.1. The van der Waals surface area contributed by atoms with Gasteiger partial charge in [0.15, 0.2) is 0 Å². The first-order valence-electron chi connectivity index (χ1n) is 11.1. The van der Waals surface area contributed by atoms with E-state index in [2.05, 4.69) is 80.8 Å². The van der Waals surface area contributed by atoms with Crippen LogP contribution in [0.3, 0.4) is 0 Å². The Labute approximate surface area is 183 Å². The standard InChI is InChI=1S/C26H31N3O2/c1-25(2,3)15-11-17-18-12-16(26(4,5)6)14-20(24-28-8-10-31-24)22(18)29-21(17)19(13-15)23-27-7-9-30-23/h11-14,29H,7-10H2,1-6H3. The van der Waals surface area contributed by atoms with Crippen LogP contribution in [0, 0.1) is 0 Å². The highest BCUT2D eigenvalue weighted by atomic mass is 16.5. The van der Waals surface area contributed by atoms with Crippen molar-refractivity contribution in [1.82, 2.24) is 4.98 Å². The summed E-state index contributed by atoms with van der Waals surface area (Å²) in [7, 11) is 0. The third-order valence-electron chi connectivity index (χ3n) is 6.18. The van der Waals surface area contributed by atoms with Crippen molar-refractivity contribution in [2.75, 3.05) is 26.3 Å². The van der Waals surface area contributed by atoms with E-state index in [1.54, 1.807) is 0 Å². The summed E-state index contributed by atoms with van der Waals surface area (Å²) in [6, 6.07) is 9.10. The van der Waals surface area contributed by atoms with E-state index in [-0.39, 0.29) is 10.8 Å². The summed E-state index contributed by atoms with van der Waals surface area (Å²) in [4.78, 5) is 13.0. The average molecular weight is 418 g/mol. The van der Waals surface area contributed by atoms with Gasteiger partial charge < -0.3 is 14.5 Å². The molecular weight excluding hydrogens is 386 g/mol. The van der Waals surface area contributed by atoms with E-state index in [1.165, 1.54) is 21.9 Å². The maximum Gasteiger partial charge on any atom is 0.218 e.